The topological polar surface area (TPSA) is 124 Å². The highest BCUT2D eigenvalue weighted by Crippen LogP contribution is 2.19. The molecule has 0 amide bonds. The molecular formula is C13H13N5O4S. The largest absolute Gasteiger partial charge is 0.419 e. The fraction of sp³-hybridized carbons (Fsp3) is 0.231. The summed E-state index contributed by atoms with van der Waals surface area (Å²) in [6.45, 7) is 2.94. The van der Waals surface area contributed by atoms with Gasteiger partial charge in [-0.3, -0.25) is 4.98 Å². The maximum Gasteiger partial charge on any atom is 0.249 e. The van der Waals surface area contributed by atoms with Crippen molar-refractivity contribution in [3.05, 3.63) is 41.9 Å². The van der Waals surface area contributed by atoms with Crippen molar-refractivity contribution in [1.82, 2.24) is 25.1 Å². The van der Waals surface area contributed by atoms with Crippen LogP contribution in [0.5, 0.6) is 0 Å². The highest BCUT2D eigenvalue weighted by atomic mass is 32.2. The van der Waals surface area contributed by atoms with Gasteiger partial charge in [0, 0.05) is 12.4 Å². The minimum atomic E-state index is -3.78. The molecule has 3 aromatic rings. The highest BCUT2D eigenvalue weighted by Gasteiger charge is 2.24. The van der Waals surface area contributed by atoms with E-state index in [1.54, 1.807) is 31.5 Å². The number of pyridine rings is 1. The molecule has 10 heteroatoms. The van der Waals surface area contributed by atoms with E-state index in [0.717, 1.165) is 0 Å². The number of hydrogen-bond acceptors (Lipinski definition) is 8. The van der Waals surface area contributed by atoms with E-state index in [1.807, 2.05) is 0 Å². The average molecular weight is 335 g/mol. The summed E-state index contributed by atoms with van der Waals surface area (Å²) in [6.07, 6.45) is 3.20. The van der Waals surface area contributed by atoms with Crippen molar-refractivity contribution in [2.24, 2.45) is 0 Å². The maximum absolute atomic E-state index is 12.3. The molecule has 9 nitrogen and oxygen atoms in total. The van der Waals surface area contributed by atoms with Crippen LogP contribution < -0.4 is 4.72 Å². The van der Waals surface area contributed by atoms with Gasteiger partial charge in [-0.2, -0.15) is 0 Å². The van der Waals surface area contributed by atoms with Gasteiger partial charge in [-0.25, -0.2) is 13.1 Å². The third-order valence-corrected chi connectivity index (χ3v) is 4.67. The van der Waals surface area contributed by atoms with Crippen molar-refractivity contribution in [2.75, 3.05) is 0 Å². The summed E-state index contributed by atoms with van der Waals surface area (Å²) in [7, 11) is -3.78. The van der Waals surface area contributed by atoms with Gasteiger partial charge in [-0.05, 0) is 26.0 Å². The predicted octanol–water partition coefficient (Wildman–Crippen LogP) is 1.21. The quantitative estimate of drug-likeness (QED) is 0.738. The first-order valence-corrected chi connectivity index (χ1v) is 8.11. The molecule has 3 aromatic heterocycles. The molecule has 0 saturated carbocycles. The summed E-state index contributed by atoms with van der Waals surface area (Å²) >= 11 is 0. The summed E-state index contributed by atoms with van der Waals surface area (Å²) in [4.78, 5) is 3.97. The van der Waals surface area contributed by atoms with Crippen LogP contribution in [0.2, 0.25) is 0 Å². The number of rotatable bonds is 5. The van der Waals surface area contributed by atoms with E-state index in [2.05, 4.69) is 25.1 Å². The lowest BCUT2D eigenvalue weighted by Gasteiger charge is -2.03. The number of sulfonamides is 1. The van der Waals surface area contributed by atoms with Crippen LogP contribution in [0, 0.1) is 13.8 Å². The molecule has 0 aliphatic rings. The molecule has 0 spiro atoms. The van der Waals surface area contributed by atoms with Crippen molar-refractivity contribution < 1.29 is 17.4 Å². The monoisotopic (exact) mass is 335 g/mol. The molecule has 0 atom stereocenters. The van der Waals surface area contributed by atoms with E-state index in [4.69, 9.17) is 8.94 Å². The molecule has 120 valence electrons. The Balaban J connectivity index is 1.75. The van der Waals surface area contributed by atoms with Crippen LogP contribution in [0.1, 0.15) is 17.3 Å². The minimum Gasteiger partial charge on any atom is -0.419 e. The molecule has 3 rings (SSSR count). The van der Waals surface area contributed by atoms with Crippen LogP contribution in [-0.4, -0.2) is 28.8 Å². The zero-order valence-electron chi connectivity index (χ0n) is 12.3. The Morgan fingerprint density at radius 2 is 2.09 bits per heavy atom. The van der Waals surface area contributed by atoms with Gasteiger partial charge in [0.25, 0.3) is 0 Å². The first-order chi connectivity index (χ1) is 11.0. The number of nitrogens with one attached hydrogen (secondary N) is 1. The molecule has 0 unspecified atom stereocenters. The molecular weight excluding hydrogens is 322 g/mol. The second kappa shape index (κ2) is 5.89. The van der Waals surface area contributed by atoms with E-state index < -0.39 is 10.0 Å². The first-order valence-electron chi connectivity index (χ1n) is 6.62. The average Bonchev–Trinajstić information content (AvgIpc) is 3.13. The number of hydrogen-bond donors (Lipinski definition) is 1. The summed E-state index contributed by atoms with van der Waals surface area (Å²) in [5, 5.41) is 11.3. The fourth-order valence-corrected chi connectivity index (χ4v) is 3.32. The molecule has 0 aliphatic carbocycles. The molecule has 0 aromatic carbocycles. The second-order valence-corrected chi connectivity index (χ2v) is 6.42. The highest BCUT2D eigenvalue weighted by molar-refractivity contribution is 7.89. The Morgan fingerprint density at radius 1 is 1.26 bits per heavy atom. The lowest BCUT2D eigenvalue weighted by molar-refractivity contribution is 0.390. The van der Waals surface area contributed by atoms with Crippen LogP contribution in [0.25, 0.3) is 11.5 Å². The molecule has 0 saturated heterocycles. The number of aromatic nitrogens is 4. The van der Waals surface area contributed by atoms with Crippen molar-refractivity contribution in [2.45, 2.75) is 25.3 Å². The molecule has 0 aliphatic heterocycles. The van der Waals surface area contributed by atoms with Gasteiger partial charge in [0.05, 0.1) is 12.1 Å². The van der Waals surface area contributed by atoms with Crippen LogP contribution in [-0.2, 0) is 16.6 Å². The van der Waals surface area contributed by atoms with Crippen molar-refractivity contribution >= 4 is 10.0 Å². The van der Waals surface area contributed by atoms with Gasteiger partial charge in [-0.15, -0.1) is 10.2 Å². The Morgan fingerprint density at radius 3 is 2.74 bits per heavy atom. The third kappa shape index (κ3) is 3.12. The van der Waals surface area contributed by atoms with Crippen molar-refractivity contribution in [3.63, 3.8) is 0 Å². The second-order valence-electron chi connectivity index (χ2n) is 4.72. The zero-order chi connectivity index (χ0) is 16.4. The summed E-state index contributed by atoms with van der Waals surface area (Å²) < 4.78 is 37.2. The molecule has 1 N–H and O–H groups in total. The van der Waals surface area contributed by atoms with E-state index in [0.29, 0.717) is 5.56 Å². The van der Waals surface area contributed by atoms with E-state index in [1.165, 1.54) is 6.92 Å². The molecule has 0 fully saturated rings. The standard InChI is InChI=1S/C13H13N5O4S/c1-8-12(9(2)22-18-8)23(19,20)15-7-11-16-17-13(21-11)10-4-3-5-14-6-10/h3-6,15H,7H2,1-2H3. The smallest absolute Gasteiger partial charge is 0.249 e. The zero-order valence-corrected chi connectivity index (χ0v) is 13.2. The van der Waals surface area contributed by atoms with Gasteiger partial charge < -0.3 is 8.94 Å². The summed E-state index contributed by atoms with van der Waals surface area (Å²) in [5.74, 6) is 0.625. The first kappa shape index (κ1) is 15.3. The van der Waals surface area contributed by atoms with Crippen LogP contribution in [0.4, 0.5) is 0 Å². The Bertz CT molecular complexity index is 898. The predicted molar refractivity (Wildman–Crippen MR) is 77.5 cm³/mol. The van der Waals surface area contributed by atoms with E-state index in [9.17, 15) is 8.42 Å². The summed E-state index contributed by atoms with van der Waals surface area (Å²) in [5.41, 5.74) is 0.941. The van der Waals surface area contributed by atoms with Gasteiger partial charge in [0.15, 0.2) is 5.76 Å². The van der Waals surface area contributed by atoms with Gasteiger partial charge in [-0.1, -0.05) is 5.16 Å². The molecule has 0 radical (unpaired) electrons. The summed E-state index contributed by atoms with van der Waals surface area (Å²) in [6, 6.07) is 3.50. The fourth-order valence-electron chi connectivity index (χ4n) is 2.02. The van der Waals surface area contributed by atoms with Gasteiger partial charge >= 0.3 is 0 Å². The minimum absolute atomic E-state index is 0.0181. The lowest BCUT2D eigenvalue weighted by Crippen LogP contribution is -2.24. The third-order valence-electron chi connectivity index (χ3n) is 3.03. The Kier molecular flexibility index (Phi) is 3.92. The molecule has 23 heavy (non-hydrogen) atoms. The molecule has 0 bridgehead atoms. The van der Waals surface area contributed by atoms with Gasteiger partial charge in [0.2, 0.25) is 21.8 Å². The van der Waals surface area contributed by atoms with Crippen LogP contribution in [0.3, 0.4) is 0 Å². The van der Waals surface area contributed by atoms with Gasteiger partial charge in [0.1, 0.15) is 10.6 Å². The van der Waals surface area contributed by atoms with Crippen molar-refractivity contribution in [1.29, 1.82) is 0 Å². The molecule has 3 heterocycles. The normalized spacial score (nSPS) is 11.7. The number of nitrogens with zero attached hydrogens (tertiary/aromatic N) is 4. The van der Waals surface area contributed by atoms with Crippen LogP contribution >= 0.6 is 0 Å². The SMILES string of the molecule is Cc1noc(C)c1S(=O)(=O)NCc1nnc(-c2cccnc2)o1. The maximum atomic E-state index is 12.3. The number of aryl methyl sites for hydroxylation is 2. The Labute approximate surface area is 131 Å². The van der Waals surface area contributed by atoms with Crippen molar-refractivity contribution in [3.8, 4) is 11.5 Å². The lowest BCUT2D eigenvalue weighted by atomic mass is 10.3. The van der Waals surface area contributed by atoms with E-state index in [-0.39, 0.29) is 34.7 Å². The Hall–Kier alpha value is -2.59. The van der Waals surface area contributed by atoms with E-state index >= 15 is 0 Å². The van der Waals surface area contributed by atoms with Crippen LogP contribution in [0.15, 0.2) is 38.4 Å².